The summed E-state index contributed by atoms with van der Waals surface area (Å²) >= 11 is 0. The van der Waals surface area contributed by atoms with Crippen LogP contribution < -0.4 is 20.7 Å². The summed E-state index contributed by atoms with van der Waals surface area (Å²) in [5, 5.41) is 9.51. The zero-order valence-electron chi connectivity index (χ0n) is 17.3. The first-order valence-electron chi connectivity index (χ1n) is 9.48. The lowest BCUT2D eigenvalue weighted by atomic mass is 9.90. The van der Waals surface area contributed by atoms with Crippen molar-refractivity contribution in [3.05, 3.63) is 65.2 Å². The number of nitrogens with zero attached hydrogens (tertiary/aromatic N) is 1. The van der Waals surface area contributed by atoms with E-state index in [1.165, 1.54) is 0 Å². The number of carbonyl (C=O) groups excluding carboxylic acids is 1. The molecule has 7 heteroatoms. The summed E-state index contributed by atoms with van der Waals surface area (Å²) in [5.74, 6) is 1.53. The summed E-state index contributed by atoms with van der Waals surface area (Å²) in [4.78, 5) is 16.2. The van der Waals surface area contributed by atoms with Crippen molar-refractivity contribution in [2.75, 3.05) is 14.1 Å². The van der Waals surface area contributed by atoms with E-state index in [0.29, 0.717) is 18.1 Å². The summed E-state index contributed by atoms with van der Waals surface area (Å²) < 4.78 is 6.10. The molecule has 3 N–H and O–H groups in total. The number of fused-ring (bicyclic) bond motifs is 1. The number of carbonyl (C=O) groups is 1. The van der Waals surface area contributed by atoms with Gasteiger partial charge in [-0.2, -0.15) is 0 Å². The fraction of sp³-hybridized carbons (Fsp3) is 0.364. The van der Waals surface area contributed by atoms with Crippen molar-refractivity contribution in [3.8, 4) is 5.75 Å². The maximum atomic E-state index is 11.8. The van der Waals surface area contributed by atoms with Crippen LogP contribution in [0.15, 0.2) is 53.5 Å². The lowest BCUT2D eigenvalue weighted by Crippen LogP contribution is -2.45. The summed E-state index contributed by atoms with van der Waals surface area (Å²) in [6, 6.07) is 15.8. The SMILES string of the molecule is CN=C(NCc1cccc(C(=O)NC)c1)NC1CC(C)(C)Oc2ccccc21.I. The zero-order chi connectivity index (χ0) is 20.1. The third-order valence-electron chi connectivity index (χ3n) is 4.79. The highest BCUT2D eigenvalue weighted by Gasteiger charge is 2.33. The summed E-state index contributed by atoms with van der Waals surface area (Å²) in [6.45, 7) is 4.76. The normalized spacial score (nSPS) is 17.2. The molecule has 156 valence electrons. The highest BCUT2D eigenvalue weighted by molar-refractivity contribution is 14.0. The number of guanidine groups is 1. The van der Waals surface area contributed by atoms with Gasteiger partial charge in [-0.1, -0.05) is 30.3 Å². The van der Waals surface area contributed by atoms with Gasteiger partial charge in [0.2, 0.25) is 0 Å². The Hall–Kier alpha value is -2.29. The maximum absolute atomic E-state index is 11.8. The van der Waals surface area contributed by atoms with Crippen molar-refractivity contribution in [3.63, 3.8) is 0 Å². The topological polar surface area (TPSA) is 74.8 Å². The van der Waals surface area contributed by atoms with Crippen molar-refractivity contribution >= 4 is 35.8 Å². The van der Waals surface area contributed by atoms with Crippen LogP contribution in [0.5, 0.6) is 5.75 Å². The van der Waals surface area contributed by atoms with Gasteiger partial charge in [0.15, 0.2) is 5.96 Å². The smallest absolute Gasteiger partial charge is 0.251 e. The van der Waals surface area contributed by atoms with Crippen LogP contribution in [0.4, 0.5) is 0 Å². The van der Waals surface area contributed by atoms with Gasteiger partial charge in [0, 0.05) is 38.2 Å². The Morgan fingerprint density at radius 1 is 1.21 bits per heavy atom. The summed E-state index contributed by atoms with van der Waals surface area (Å²) in [5.41, 5.74) is 2.53. The van der Waals surface area contributed by atoms with Crippen molar-refractivity contribution in [2.45, 2.75) is 38.5 Å². The van der Waals surface area contributed by atoms with E-state index in [1.807, 2.05) is 36.4 Å². The Balaban J connectivity index is 0.00000300. The molecule has 1 unspecified atom stereocenters. The van der Waals surface area contributed by atoms with E-state index in [2.05, 4.69) is 40.9 Å². The highest BCUT2D eigenvalue weighted by atomic mass is 127. The molecule has 0 bridgehead atoms. The Morgan fingerprint density at radius 3 is 2.69 bits per heavy atom. The fourth-order valence-electron chi connectivity index (χ4n) is 3.44. The van der Waals surface area contributed by atoms with Crippen LogP contribution in [0.1, 0.15) is 47.8 Å². The lowest BCUT2D eigenvalue weighted by Gasteiger charge is -2.38. The minimum absolute atomic E-state index is 0. The van der Waals surface area contributed by atoms with E-state index in [-0.39, 0.29) is 41.5 Å². The molecule has 1 amide bonds. The van der Waals surface area contributed by atoms with Gasteiger partial charge in [0.25, 0.3) is 5.91 Å². The molecule has 0 aromatic heterocycles. The highest BCUT2D eigenvalue weighted by Crippen LogP contribution is 2.39. The van der Waals surface area contributed by atoms with E-state index in [4.69, 9.17) is 4.74 Å². The molecule has 0 fully saturated rings. The number of amides is 1. The van der Waals surface area contributed by atoms with Crippen LogP contribution >= 0.6 is 24.0 Å². The molecule has 1 heterocycles. The van der Waals surface area contributed by atoms with Crippen LogP contribution in [0.25, 0.3) is 0 Å². The van der Waals surface area contributed by atoms with Crippen molar-refractivity contribution in [1.82, 2.24) is 16.0 Å². The summed E-state index contributed by atoms with van der Waals surface area (Å²) in [6.07, 6.45) is 0.830. The van der Waals surface area contributed by atoms with E-state index in [0.717, 1.165) is 23.3 Å². The number of para-hydroxylation sites is 1. The number of hydrogen-bond donors (Lipinski definition) is 3. The van der Waals surface area contributed by atoms with Gasteiger partial charge in [-0.05, 0) is 37.6 Å². The molecule has 1 aliphatic rings. The molecule has 2 aromatic carbocycles. The zero-order valence-corrected chi connectivity index (χ0v) is 19.6. The molecular weight excluding hydrogens is 479 g/mol. The van der Waals surface area contributed by atoms with E-state index in [9.17, 15) is 4.79 Å². The Kier molecular flexibility index (Phi) is 7.89. The van der Waals surface area contributed by atoms with Crippen LogP contribution in [0, 0.1) is 0 Å². The van der Waals surface area contributed by atoms with Crippen LogP contribution in [-0.4, -0.2) is 31.6 Å². The minimum atomic E-state index is -0.257. The number of rotatable bonds is 4. The van der Waals surface area contributed by atoms with Gasteiger partial charge in [-0.25, -0.2) is 0 Å². The molecule has 0 saturated carbocycles. The largest absolute Gasteiger partial charge is 0.487 e. The lowest BCUT2D eigenvalue weighted by molar-refractivity contribution is 0.0694. The maximum Gasteiger partial charge on any atom is 0.251 e. The predicted octanol–water partition coefficient (Wildman–Crippen LogP) is 3.63. The predicted molar refractivity (Wildman–Crippen MR) is 127 cm³/mol. The third kappa shape index (κ3) is 5.85. The first-order valence-corrected chi connectivity index (χ1v) is 9.48. The van der Waals surface area contributed by atoms with Gasteiger partial charge >= 0.3 is 0 Å². The van der Waals surface area contributed by atoms with Crippen LogP contribution in [0.2, 0.25) is 0 Å². The molecule has 0 aliphatic carbocycles. The molecule has 3 rings (SSSR count). The molecule has 2 aromatic rings. The number of halogens is 1. The van der Waals surface area contributed by atoms with E-state index in [1.54, 1.807) is 20.2 Å². The van der Waals surface area contributed by atoms with E-state index < -0.39 is 0 Å². The van der Waals surface area contributed by atoms with Crippen molar-refractivity contribution in [1.29, 1.82) is 0 Å². The minimum Gasteiger partial charge on any atom is -0.487 e. The second kappa shape index (κ2) is 9.96. The Bertz CT molecular complexity index is 883. The fourth-order valence-corrected chi connectivity index (χ4v) is 3.44. The quantitative estimate of drug-likeness (QED) is 0.335. The molecule has 29 heavy (non-hydrogen) atoms. The number of benzene rings is 2. The number of ether oxygens (including phenoxy) is 1. The van der Waals surface area contributed by atoms with Crippen molar-refractivity contribution in [2.24, 2.45) is 4.99 Å². The average molecular weight is 508 g/mol. The summed E-state index contributed by atoms with van der Waals surface area (Å²) in [7, 11) is 3.39. The molecule has 0 radical (unpaired) electrons. The number of hydrogen-bond acceptors (Lipinski definition) is 3. The monoisotopic (exact) mass is 508 g/mol. The average Bonchev–Trinajstić information content (AvgIpc) is 2.69. The van der Waals surface area contributed by atoms with Gasteiger partial charge in [-0.3, -0.25) is 9.79 Å². The number of aliphatic imine (C=N–C) groups is 1. The molecule has 6 nitrogen and oxygen atoms in total. The first-order chi connectivity index (χ1) is 13.4. The molecule has 1 aliphatic heterocycles. The van der Waals surface area contributed by atoms with E-state index >= 15 is 0 Å². The second-order valence-electron chi connectivity index (χ2n) is 7.51. The molecule has 1 atom stereocenters. The van der Waals surface area contributed by atoms with Gasteiger partial charge < -0.3 is 20.7 Å². The molecule has 0 spiro atoms. The third-order valence-corrected chi connectivity index (χ3v) is 4.79. The Morgan fingerprint density at radius 2 is 1.97 bits per heavy atom. The van der Waals surface area contributed by atoms with Gasteiger partial charge in [0.05, 0.1) is 6.04 Å². The second-order valence-corrected chi connectivity index (χ2v) is 7.51. The molecule has 0 saturated heterocycles. The van der Waals surface area contributed by atoms with Crippen LogP contribution in [-0.2, 0) is 6.54 Å². The number of nitrogens with one attached hydrogen (secondary N) is 3. The van der Waals surface area contributed by atoms with Gasteiger partial charge in [-0.15, -0.1) is 24.0 Å². The molecular formula is C22H29IN4O2. The van der Waals surface area contributed by atoms with Crippen molar-refractivity contribution < 1.29 is 9.53 Å². The first kappa shape index (κ1) is 23.0. The standard InChI is InChI=1S/C22H28N4O2.HI/c1-22(2)13-18(17-10-5-6-11-19(17)28-22)26-21(24-4)25-14-15-8-7-9-16(12-15)20(27)23-3;/h5-12,18H,13-14H2,1-4H3,(H,23,27)(H2,24,25,26);1H. The van der Waals surface area contributed by atoms with Crippen LogP contribution in [0.3, 0.4) is 0 Å². The van der Waals surface area contributed by atoms with Gasteiger partial charge in [0.1, 0.15) is 11.4 Å². The Labute approximate surface area is 189 Å².